The van der Waals surface area contributed by atoms with Crippen molar-refractivity contribution in [2.45, 2.75) is 31.8 Å². The molecule has 1 aliphatic carbocycles. The first-order valence-corrected chi connectivity index (χ1v) is 7.01. The van der Waals surface area contributed by atoms with E-state index in [-0.39, 0.29) is 5.60 Å². The molecule has 0 radical (unpaired) electrons. The van der Waals surface area contributed by atoms with E-state index in [9.17, 15) is 0 Å². The summed E-state index contributed by atoms with van der Waals surface area (Å²) < 4.78 is 15.3. The zero-order chi connectivity index (χ0) is 13.5. The second-order valence-corrected chi connectivity index (χ2v) is 5.47. The number of aromatic nitrogens is 3. The van der Waals surface area contributed by atoms with E-state index in [0.29, 0.717) is 11.7 Å². The van der Waals surface area contributed by atoms with Crippen molar-refractivity contribution < 1.29 is 9.26 Å². The summed E-state index contributed by atoms with van der Waals surface area (Å²) in [5.41, 5.74) is 1.43. The summed E-state index contributed by atoms with van der Waals surface area (Å²) in [6.07, 6.45) is 3.03. The summed E-state index contributed by atoms with van der Waals surface area (Å²) in [5, 5.41) is 8.13. The number of nitrogens with one attached hydrogen (secondary N) is 1. The predicted octanol–water partition coefficient (Wildman–Crippen LogP) is 2.57. The van der Waals surface area contributed by atoms with Crippen LogP contribution in [0.3, 0.4) is 0 Å². The minimum absolute atomic E-state index is 0.348. The first-order chi connectivity index (χ1) is 9.20. The average Bonchev–Trinajstić information content (AvgIpc) is 2.95. The van der Waals surface area contributed by atoms with Gasteiger partial charge in [0.2, 0.25) is 5.82 Å². The van der Waals surface area contributed by atoms with Gasteiger partial charge in [0, 0.05) is 14.2 Å². The Labute approximate surface area is 115 Å². The largest absolute Gasteiger partial charge is 0.378 e. The Hall–Kier alpha value is -1.47. The van der Waals surface area contributed by atoms with Crippen molar-refractivity contribution in [2.75, 3.05) is 19.5 Å². The molecule has 1 saturated carbocycles. The molecule has 0 spiro atoms. The van der Waals surface area contributed by atoms with Gasteiger partial charge in [0.05, 0.1) is 11.3 Å². The molecule has 1 aliphatic rings. The standard InChI is InChI=1S/C12H16N4O2S/c1-7-8(10(13-2)19-16-7)9-14-11(15-18-9)12(17-3)5-4-6-12/h13H,4-6H2,1-3H3. The Morgan fingerprint density at radius 2 is 2.21 bits per heavy atom. The Kier molecular flexibility index (Phi) is 3.02. The van der Waals surface area contributed by atoms with Gasteiger partial charge >= 0.3 is 0 Å². The number of nitrogens with zero attached hydrogens (tertiary/aromatic N) is 3. The first kappa shape index (κ1) is 12.6. The molecular weight excluding hydrogens is 264 g/mol. The summed E-state index contributed by atoms with van der Waals surface area (Å²) in [7, 11) is 3.56. The Morgan fingerprint density at radius 3 is 2.79 bits per heavy atom. The van der Waals surface area contributed by atoms with Crippen LogP contribution in [-0.4, -0.2) is 28.7 Å². The van der Waals surface area contributed by atoms with Crippen LogP contribution in [-0.2, 0) is 10.3 Å². The van der Waals surface area contributed by atoms with Crippen LogP contribution in [0.15, 0.2) is 4.52 Å². The minimum Gasteiger partial charge on any atom is -0.378 e. The van der Waals surface area contributed by atoms with Crippen molar-refractivity contribution in [2.24, 2.45) is 0 Å². The van der Waals surface area contributed by atoms with Gasteiger partial charge < -0.3 is 14.6 Å². The molecule has 0 amide bonds. The van der Waals surface area contributed by atoms with E-state index in [1.165, 1.54) is 11.5 Å². The van der Waals surface area contributed by atoms with Crippen LogP contribution in [0.2, 0.25) is 0 Å². The quantitative estimate of drug-likeness (QED) is 0.928. The number of anilines is 1. The molecule has 0 aliphatic heterocycles. The fourth-order valence-corrected chi connectivity index (χ4v) is 3.06. The van der Waals surface area contributed by atoms with Crippen molar-refractivity contribution in [3.05, 3.63) is 11.5 Å². The molecule has 19 heavy (non-hydrogen) atoms. The topological polar surface area (TPSA) is 73.1 Å². The van der Waals surface area contributed by atoms with Crippen LogP contribution in [0.4, 0.5) is 5.00 Å². The van der Waals surface area contributed by atoms with Gasteiger partial charge in [-0.25, -0.2) is 0 Å². The highest BCUT2D eigenvalue weighted by Crippen LogP contribution is 2.44. The van der Waals surface area contributed by atoms with Crippen LogP contribution in [0.5, 0.6) is 0 Å². The van der Waals surface area contributed by atoms with Gasteiger partial charge in [-0.1, -0.05) is 5.16 Å². The smallest absolute Gasteiger partial charge is 0.262 e. The van der Waals surface area contributed by atoms with E-state index in [0.717, 1.165) is 35.5 Å². The Morgan fingerprint density at radius 1 is 1.42 bits per heavy atom. The number of rotatable bonds is 4. The number of hydrogen-bond acceptors (Lipinski definition) is 7. The van der Waals surface area contributed by atoms with E-state index in [1.807, 2.05) is 14.0 Å². The highest BCUT2D eigenvalue weighted by Gasteiger charge is 2.43. The molecule has 102 valence electrons. The monoisotopic (exact) mass is 280 g/mol. The summed E-state index contributed by atoms with van der Waals surface area (Å²) in [4.78, 5) is 4.51. The van der Waals surface area contributed by atoms with E-state index in [1.54, 1.807) is 7.11 Å². The van der Waals surface area contributed by atoms with Crippen molar-refractivity contribution in [1.82, 2.24) is 14.5 Å². The summed E-state index contributed by atoms with van der Waals surface area (Å²) in [6, 6.07) is 0. The molecule has 2 aromatic rings. The second kappa shape index (κ2) is 4.57. The maximum atomic E-state index is 5.56. The molecule has 1 fully saturated rings. The molecule has 0 bridgehead atoms. The van der Waals surface area contributed by atoms with Crippen LogP contribution < -0.4 is 5.32 Å². The fourth-order valence-electron chi connectivity index (χ4n) is 2.32. The van der Waals surface area contributed by atoms with Gasteiger partial charge in [-0.2, -0.15) is 9.36 Å². The first-order valence-electron chi connectivity index (χ1n) is 6.24. The highest BCUT2D eigenvalue weighted by molar-refractivity contribution is 7.10. The minimum atomic E-state index is -0.348. The fraction of sp³-hybridized carbons (Fsp3) is 0.583. The second-order valence-electron chi connectivity index (χ2n) is 4.70. The molecule has 0 aromatic carbocycles. The molecule has 7 heteroatoms. The van der Waals surface area contributed by atoms with Gasteiger partial charge in [-0.3, -0.25) is 0 Å². The third-order valence-electron chi connectivity index (χ3n) is 3.69. The van der Waals surface area contributed by atoms with Gasteiger partial charge in [0.1, 0.15) is 10.6 Å². The van der Waals surface area contributed by atoms with Gasteiger partial charge in [-0.15, -0.1) is 0 Å². The lowest BCUT2D eigenvalue weighted by Crippen LogP contribution is -2.37. The molecule has 2 aromatic heterocycles. The summed E-state index contributed by atoms with van der Waals surface area (Å²) >= 11 is 1.39. The molecule has 6 nitrogen and oxygen atoms in total. The van der Waals surface area contributed by atoms with Crippen molar-refractivity contribution in [1.29, 1.82) is 0 Å². The van der Waals surface area contributed by atoms with Crippen LogP contribution in [0.25, 0.3) is 11.5 Å². The predicted molar refractivity (Wildman–Crippen MR) is 72.2 cm³/mol. The van der Waals surface area contributed by atoms with Crippen molar-refractivity contribution in [3.8, 4) is 11.5 Å². The van der Waals surface area contributed by atoms with E-state index in [2.05, 4.69) is 19.8 Å². The maximum Gasteiger partial charge on any atom is 0.262 e. The van der Waals surface area contributed by atoms with Crippen molar-refractivity contribution >= 4 is 16.5 Å². The number of methoxy groups -OCH3 is 1. The molecule has 2 heterocycles. The lowest BCUT2D eigenvalue weighted by atomic mass is 9.79. The zero-order valence-electron chi connectivity index (χ0n) is 11.2. The number of ether oxygens (including phenoxy) is 1. The molecular formula is C12H16N4O2S. The van der Waals surface area contributed by atoms with E-state index in [4.69, 9.17) is 9.26 Å². The third kappa shape index (κ3) is 1.84. The number of aryl methyl sites for hydroxylation is 1. The Balaban J connectivity index is 1.99. The lowest BCUT2D eigenvalue weighted by molar-refractivity contribution is -0.0858. The SMILES string of the molecule is CNc1snc(C)c1-c1nc(C2(OC)CCC2)no1. The summed E-state index contributed by atoms with van der Waals surface area (Å²) in [6.45, 7) is 1.94. The third-order valence-corrected chi connectivity index (χ3v) is 4.65. The molecule has 0 saturated heterocycles. The van der Waals surface area contributed by atoms with E-state index >= 15 is 0 Å². The van der Waals surface area contributed by atoms with E-state index < -0.39 is 0 Å². The molecule has 1 N–H and O–H groups in total. The van der Waals surface area contributed by atoms with Crippen LogP contribution in [0, 0.1) is 6.92 Å². The normalized spacial score (nSPS) is 17.2. The number of hydrogen-bond donors (Lipinski definition) is 1. The summed E-state index contributed by atoms with van der Waals surface area (Å²) in [5.74, 6) is 1.15. The van der Waals surface area contributed by atoms with Crippen LogP contribution in [0.1, 0.15) is 30.8 Å². The molecule has 0 atom stereocenters. The lowest BCUT2D eigenvalue weighted by Gasteiger charge is -2.37. The highest BCUT2D eigenvalue weighted by atomic mass is 32.1. The van der Waals surface area contributed by atoms with Crippen LogP contribution >= 0.6 is 11.5 Å². The maximum absolute atomic E-state index is 5.56. The van der Waals surface area contributed by atoms with Gasteiger partial charge in [-0.05, 0) is 37.7 Å². The Bertz CT molecular complexity index is 583. The van der Waals surface area contributed by atoms with Gasteiger partial charge in [0.15, 0.2) is 0 Å². The average molecular weight is 280 g/mol. The van der Waals surface area contributed by atoms with Gasteiger partial charge in [0.25, 0.3) is 5.89 Å². The molecule has 3 rings (SSSR count). The molecule has 0 unspecified atom stereocenters. The van der Waals surface area contributed by atoms with Crippen molar-refractivity contribution in [3.63, 3.8) is 0 Å². The zero-order valence-corrected chi connectivity index (χ0v) is 12.0.